The molecule has 68 valence electrons. The van der Waals surface area contributed by atoms with E-state index in [-0.39, 0.29) is 0 Å². The van der Waals surface area contributed by atoms with Crippen LogP contribution in [0.2, 0.25) is 0 Å². The summed E-state index contributed by atoms with van der Waals surface area (Å²) in [5.41, 5.74) is 0. The minimum atomic E-state index is 0.426. The molecular formula is C9H19ClO. The lowest BCUT2D eigenvalue weighted by atomic mass is 10.2. The number of ether oxygens (including phenoxy) is 1. The van der Waals surface area contributed by atoms with Gasteiger partial charge in [-0.25, -0.2) is 0 Å². The van der Waals surface area contributed by atoms with Crippen LogP contribution in [0, 0.1) is 0 Å². The lowest BCUT2D eigenvalue weighted by Crippen LogP contribution is -2.08. The molecule has 0 heterocycles. The van der Waals surface area contributed by atoms with E-state index in [0.29, 0.717) is 6.10 Å². The van der Waals surface area contributed by atoms with Crippen molar-refractivity contribution in [1.82, 2.24) is 0 Å². The van der Waals surface area contributed by atoms with Gasteiger partial charge in [0.1, 0.15) is 0 Å². The second kappa shape index (κ2) is 8.35. The minimum Gasteiger partial charge on any atom is -0.379 e. The second-order valence-corrected chi connectivity index (χ2v) is 3.24. The maximum absolute atomic E-state index is 5.53. The van der Waals surface area contributed by atoms with Gasteiger partial charge in [0.2, 0.25) is 0 Å². The molecular weight excluding hydrogens is 160 g/mol. The van der Waals surface area contributed by atoms with Crippen molar-refractivity contribution in [3.63, 3.8) is 0 Å². The van der Waals surface area contributed by atoms with Gasteiger partial charge in [-0.05, 0) is 26.2 Å². The van der Waals surface area contributed by atoms with Crippen LogP contribution < -0.4 is 0 Å². The molecule has 0 saturated heterocycles. The Morgan fingerprint density at radius 1 is 1.36 bits per heavy atom. The van der Waals surface area contributed by atoms with Crippen LogP contribution in [0.5, 0.6) is 0 Å². The van der Waals surface area contributed by atoms with Gasteiger partial charge in [-0.3, -0.25) is 0 Å². The van der Waals surface area contributed by atoms with Crippen LogP contribution in [0.4, 0.5) is 0 Å². The van der Waals surface area contributed by atoms with Gasteiger partial charge >= 0.3 is 0 Å². The number of alkyl halides is 1. The molecule has 1 nitrogen and oxygen atoms in total. The Balaban J connectivity index is 2.97. The third-order valence-electron chi connectivity index (χ3n) is 1.63. The molecule has 0 aromatic heterocycles. The Kier molecular flexibility index (Phi) is 8.54. The summed E-state index contributed by atoms with van der Waals surface area (Å²) in [6.07, 6.45) is 4.96. The van der Waals surface area contributed by atoms with E-state index in [1.54, 1.807) is 0 Å². The molecule has 0 aromatic rings. The van der Waals surface area contributed by atoms with Gasteiger partial charge in [-0.1, -0.05) is 13.3 Å². The molecule has 1 unspecified atom stereocenters. The van der Waals surface area contributed by atoms with Crippen LogP contribution >= 0.6 is 11.6 Å². The molecule has 0 bridgehead atoms. The highest BCUT2D eigenvalue weighted by molar-refractivity contribution is 6.17. The predicted octanol–water partition coefficient (Wildman–Crippen LogP) is 3.21. The fourth-order valence-electron chi connectivity index (χ4n) is 0.971. The first-order valence-corrected chi connectivity index (χ1v) is 5.02. The average Bonchev–Trinajstić information content (AvgIpc) is 1.99. The van der Waals surface area contributed by atoms with E-state index in [1.807, 2.05) is 0 Å². The maximum Gasteiger partial charge on any atom is 0.0546 e. The molecule has 0 radical (unpaired) electrons. The summed E-state index contributed by atoms with van der Waals surface area (Å²) in [7, 11) is 0. The number of rotatable bonds is 7. The third-order valence-corrected chi connectivity index (χ3v) is 1.89. The first-order valence-electron chi connectivity index (χ1n) is 4.48. The molecule has 0 saturated carbocycles. The van der Waals surface area contributed by atoms with Crippen molar-refractivity contribution in [2.45, 2.75) is 45.6 Å². The monoisotopic (exact) mass is 178 g/mol. The van der Waals surface area contributed by atoms with Gasteiger partial charge < -0.3 is 4.74 Å². The van der Waals surface area contributed by atoms with Crippen LogP contribution in [-0.2, 0) is 4.74 Å². The Morgan fingerprint density at radius 2 is 2.09 bits per heavy atom. The molecule has 0 amide bonds. The number of hydrogen-bond donors (Lipinski definition) is 0. The fourth-order valence-corrected chi connectivity index (χ4v) is 1.16. The molecule has 0 aliphatic rings. The highest BCUT2D eigenvalue weighted by atomic mass is 35.5. The van der Waals surface area contributed by atoms with Crippen LogP contribution in [0.25, 0.3) is 0 Å². The fraction of sp³-hybridized carbons (Fsp3) is 1.00. The topological polar surface area (TPSA) is 9.23 Å². The maximum atomic E-state index is 5.53. The van der Waals surface area contributed by atoms with Crippen molar-refractivity contribution in [1.29, 1.82) is 0 Å². The zero-order valence-corrected chi connectivity index (χ0v) is 8.36. The lowest BCUT2D eigenvalue weighted by molar-refractivity contribution is 0.0580. The Hall–Kier alpha value is 0.250. The van der Waals surface area contributed by atoms with Gasteiger partial charge in [0.25, 0.3) is 0 Å². The highest BCUT2D eigenvalue weighted by Gasteiger charge is 1.98. The van der Waals surface area contributed by atoms with E-state index in [1.165, 1.54) is 12.8 Å². The van der Waals surface area contributed by atoms with E-state index in [2.05, 4.69) is 13.8 Å². The summed E-state index contributed by atoms with van der Waals surface area (Å²) < 4.78 is 5.53. The number of halogens is 1. The van der Waals surface area contributed by atoms with E-state index in [4.69, 9.17) is 16.3 Å². The van der Waals surface area contributed by atoms with Crippen molar-refractivity contribution < 1.29 is 4.74 Å². The third kappa shape index (κ3) is 8.15. The first kappa shape index (κ1) is 11.2. The summed E-state index contributed by atoms with van der Waals surface area (Å²) in [5, 5.41) is 0. The van der Waals surface area contributed by atoms with Gasteiger partial charge in [0.15, 0.2) is 0 Å². The van der Waals surface area contributed by atoms with Crippen LogP contribution in [0.1, 0.15) is 39.5 Å². The zero-order valence-electron chi connectivity index (χ0n) is 7.61. The first-order chi connectivity index (χ1) is 5.31. The average molecular weight is 179 g/mol. The molecule has 0 rings (SSSR count). The predicted molar refractivity (Wildman–Crippen MR) is 50.3 cm³/mol. The summed E-state index contributed by atoms with van der Waals surface area (Å²) >= 11 is 5.52. The van der Waals surface area contributed by atoms with Crippen molar-refractivity contribution >= 4 is 11.6 Å². The second-order valence-electron chi connectivity index (χ2n) is 2.87. The number of unbranched alkanes of at least 4 members (excludes halogenated alkanes) is 1. The smallest absolute Gasteiger partial charge is 0.0546 e. The van der Waals surface area contributed by atoms with Gasteiger partial charge in [-0.15, -0.1) is 11.6 Å². The number of hydrogen-bond acceptors (Lipinski definition) is 1. The molecule has 0 fully saturated rings. The van der Waals surface area contributed by atoms with Crippen molar-refractivity contribution in [2.75, 3.05) is 12.5 Å². The normalized spacial score (nSPS) is 13.4. The molecule has 0 aliphatic carbocycles. The standard InChI is InChI=1S/C9H19ClO/c1-3-6-9(2)11-8-5-4-7-10/h9H,3-8H2,1-2H3. The Labute approximate surface area is 75.1 Å². The lowest BCUT2D eigenvalue weighted by Gasteiger charge is -2.10. The highest BCUT2D eigenvalue weighted by Crippen LogP contribution is 2.02. The van der Waals surface area contributed by atoms with Crippen molar-refractivity contribution in [3.8, 4) is 0 Å². The summed E-state index contributed by atoms with van der Waals surface area (Å²) in [6.45, 7) is 5.18. The Bertz CT molecular complexity index is 76.0. The van der Waals surface area contributed by atoms with E-state index >= 15 is 0 Å². The van der Waals surface area contributed by atoms with E-state index in [9.17, 15) is 0 Å². The van der Waals surface area contributed by atoms with E-state index in [0.717, 1.165) is 25.3 Å². The largest absolute Gasteiger partial charge is 0.379 e. The minimum absolute atomic E-state index is 0.426. The van der Waals surface area contributed by atoms with Crippen LogP contribution in [0.3, 0.4) is 0 Å². The molecule has 0 aliphatic heterocycles. The van der Waals surface area contributed by atoms with Crippen molar-refractivity contribution in [2.24, 2.45) is 0 Å². The quantitative estimate of drug-likeness (QED) is 0.430. The summed E-state index contributed by atoms with van der Waals surface area (Å²) in [6, 6.07) is 0. The zero-order chi connectivity index (χ0) is 8.53. The summed E-state index contributed by atoms with van der Waals surface area (Å²) in [5.74, 6) is 0.755. The van der Waals surface area contributed by atoms with Gasteiger partial charge in [-0.2, -0.15) is 0 Å². The molecule has 0 aromatic carbocycles. The summed E-state index contributed by atoms with van der Waals surface area (Å²) in [4.78, 5) is 0. The van der Waals surface area contributed by atoms with Crippen molar-refractivity contribution in [3.05, 3.63) is 0 Å². The van der Waals surface area contributed by atoms with Crippen LogP contribution in [0.15, 0.2) is 0 Å². The molecule has 1 atom stereocenters. The molecule has 0 N–H and O–H groups in total. The molecule has 11 heavy (non-hydrogen) atoms. The van der Waals surface area contributed by atoms with Gasteiger partial charge in [0, 0.05) is 12.5 Å². The van der Waals surface area contributed by atoms with E-state index < -0.39 is 0 Å². The SMILES string of the molecule is CCCC(C)OCCCCCl. The molecule has 0 spiro atoms. The van der Waals surface area contributed by atoms with Gasteiger partial charge in [0.05, 0.1) is 6.10 Å². The molecule has 2 heteroatoms. The van der Waals surface area contributed by atoms with Crippen LogP contribution in [-0.4, -0.2) is 18.6 Å². The Morgan fingerprint density at radius 3 is 2.64 bits per heavy atom.